The summed E-state index contributed by atoms with van der Waals surface area (Å²) in [4.78, 5) is 0.192. The van der Waals surface area contributed by atoms with Crippen molar-refractivity contribution in [2.45, 2.75) is 57.1 Å². The van der Waals surface area contributed by atoms with Gasteiger partial charge < -0.3 is 5.11 Å². The zero-order valence-electron chi connectivity index (χ0n) is 12.4. The average Bonchev–Trinajstić information content (AvgIpc) is 2.37. The smallest absolute Gasteiger partial charge is 0.241 e. The van der Waals surface area contributed by atoms with Gasteiger partial charge >= 0.3 is 0 Å². The highest BCUT2D eigenvalue weighted by atomic mass is 79.9. The Morgan fingerprint density at radius 3 is 2.76 bits per heavy atom. The molecule has 0 aliphatic heterocycles. The third kappa shape index (κ3) is 4.28. The Labute approximate surface area is 135 Å². The Morgan fingerprint density at radius 1 is 1.43 bits per heavy atom. The van der Waals surface area contributed by atoms with Gasteiger partial charge in [0.15, 0.2) is 0 Å². The van der Waals surface area contributed by atoms with E-state index in [1.807, 2.05) is 0 Å². The van der Waals surface area contributed by atoms with E-state index < -0.39 is 10.0 Å². The first-order chi connectivity index (χ1) is 9.73. The molecule has 6 heteroatoms. The molecule has 0 spiro atoms. The SMILES string of the molecule is CC1(C)CCCC(NS(=O)(=O)c2cc(CO)ccc2Br)C1. The number of benzene rings is 1. The summed E-state index contributed by atoms with van der Waals surface area (Å²) < 4.78 is 28.5. The fourth-order valence-corrected chi connectivity index (χ4v) is 5.22. The van der Waals surface area contributed by atoms with Crippen LogP contribution in [0.2, 0.25) is 0 Å². The number of rotatable bonds is 4. The molecule has 21 heavy (non-hydrogen) atoms. The number of hydrogen-bond donors (Lipinski definition) is 2. The Bertz CT molecular complexity index is 613. The fraction of sp³-hybridized carbons (Fsp3) is 0.600. The van der Waals surface area contributed by atoms with Gasteiger partial charge in [0.05, 0.1) is 11.5 Å². The topological polar surface area (TPSA) is 66.4 Å². The van der Waals surface area contributed by atoms with Crippen molar-refractivity contribution in [1.82, 2.24) is 4.72 Å². The molecule has 1 atom stereocenters. The quantitative estimate of drug-likeness (QED) is 0.848. The molecule has 0 aromatic heterocycles. The summed E-state index contributed by atoms with van der Waals surface area (Å²) >= 11 is 3.28. The van der Waals surface area contributed by atoms with Gasteiger partial charge in [0, 0.05) is 10.5 Å². The fourth-order valence-electron chi connectivity index (χ4n) is 2.93. The highest BCUT2D eigenvalue weighted by Crippen LogP contribution is 2.36. The Balaban J connectivity index is 2.22. The highest BCUT2D eigenvalue weighted by Gasteiger charge is 2.31. The van der Waals surface area contributed by atoms with E-state index in [9.17, 15) is 13.5 Å². The minimum absolute atomic E-state index is 0.0246. The van der Waals surface area contributed by atoms with Gasteiger partial charge in [0.1, 0.15) is 0 Å². The molecular weight excluding hydrogens is 354 g/mol. The lowest BCUT2D eigenvalue weighted by molar-refractivity contribution is 0.212. The minimum atomic E-state index is -3.58. The lowest BCUT2D eigenvalue weighted by atomic mass is 9.75. The number of halogens is 1. The van der Waals surface area contributed by atoms with Crippen LogP contribution < -0.4 is 4.72 Å². The van der Waals surface area contributed by atoms with Gasteiger partial charge in [0.25, 0.3) is 0 Å². The van der Waals surface area contributed by atoms with E-state index in [0.717, 1.165) is 25.7 Å². The standard InChI is InChI=1S/C15H22BrNO3S/c1-15(2)7-3-4-12(9-15)17-21(19,20)14-8-11(10-18)5-6-13(14)16/h5-6,8,12,17-18H,3-4,7,9-10H2,1-2H3. The van der Waals surface area contributed by atoms with Crippen molar-refractivity contribution in [3.05, 3.63) is 28.2 Å². The molecule has 1 fully saturated rings. The molecule has 4 nitrogen and oxygen atoms in total. The van der Waals surface area contributed by atoms with Crippen LogP contribution in [-0.4, -0.2) is 19.6 Å². The summed E-state index contributed by atoms with van der Waals surface area (Å²) in [6.45, 7) is 4.18. The largest absolute Gasteiger partial charge is 0.392 e. The predicted molar refractivity (Wildman–Crippen MR) is 86.4 cm³/mol. The van der Waals surface area contributed by atoms with Crippen LogP contribution >= 0.6 is 15.9 Å². The van der Waals surface area contributed by atoms with Crippen LogP contribution in [0.4, 0.5) is 0 Å². The lowest BCUT2D eigenvalue weighted by Crippen LogP contribution is -2.40. The van der Waals surface area contributed by atoms with Crippen LogP contribution in [0.3, 0.4) is 0 Å². The maximum Gasteiger partial charge on any atom is 0.241 e. The number of aliphatic hydroxyl groups excluding tert-OH is 1. The van der Waals surface area contributed by atoms with Crippen molar-refractivity contribution in [3.63, 3.8) is 0 Å². The van der Waals surface area contributed by atoms with Gasteiger partial charge in [-0.25, -0.2) is 13.1 Å². The lowest BCUT2D eigenvalue weighted by Gasteiger charge is -2.35. The van der Waals surface area contributed by atoms with Crippen LogP contribution in [-0.2, 0) is 16.6 Å². The molecule has 0 heterocycles. The molecule has 1 aliphatic rings. The molecule has 1 saturated carbocycles. The normalized spacial score (nSPS) is 22.2. The second-order valence-electron chi connectivity index (χ2n) is 6.50. The summed E-state index contributed by atoms with van der Waals surface area (Å²) in [5.74, 6) is 0. The monoisotopic (exact) mass is 375 g/mol. The van der Waals surface area contributed by atoms with Crippen molar-refractivity contribution in [2.24, 2.45) is 5.41 Å². The molecule has 1 aliphatic carbocycles. The van der Waals surface area contributed by atoms with E-state index in [2.05, 4.69) is 34.5 Å². The van der Waals surface area contributed by atoms with Crippen LogP contribution in [0.25, 0.3) is 0 Å². The number of hydrogen-bond acceptors (Lipinski definition) is 3. The molecule has 0 bridgehead atoms. The molecular formula is C15H22BrNO3S. The van der Waals surface area contributed by atoms with Crippen molar-refractivity contribution in [2.75, 3.05) is 0 Å². The zero-order chi connectivity index (χ0) is 15.7. The van der Waals surface area contributed by atoms with Gasteiger partial charge in [0.2, 0.25) is 10.0 Å². The van der Waals surface area contributed by atoms with E-state index in [0.29, 0.717) is 10.0 Å². The van der Waals surface area contributed by atoms with Crippen LogP contribution in [0.15, 0.2) is 27.6 Å². The summed E-state index contributed by atoms with van der Waals surface area (Å²) in [7, 11) is -3.58. The molecule has 2 rings (SSSR count). The van der Waals surface area contributed by atoms with E-state index >= 15 is 0 Å². The first-order valence-corrected chi connectivity index (χ1v) is 9.43. The molecule has 118 valence electrons. The van der Waals surface area contributed by atoms with Crippen molar-refractivity contribution < 1.29 is 13.5 Å². The first-order valence-electron chi connectivity index (χ1n) is 7.15. The van der Waals surface area contributed by atoms with Crippen LogP contribution in [0.1, 0.15) is 45.1 Å². The first kappa shape index (κ1) is 16.9. The number of sulfonamides is 1. The van der Waals surface area contributed by atoms with Crippen molar-refractivity contribution in [3.8, 4) is 0 Å². The van der Waals surface area contributed by atoms with E-state index in [1.54, 1.807) is 12.1 Å². The highest BCUT2D eigenvalue weighted by molar-refractivity contribution is 9.10. The second-order valence-corrected chi connectivity index (χ2v) is 9.04. The van der Waals surface area contributed by atoms with E-state index in [1.165, 1.54) is 6.07 Å². The van der Waals surface area contributed by atoms with Gasteiger partial charge in [-0.15, -0.1) is 0 Å². The molecule has 1 aromatic carbocycles. The maximum atomic E-state index is 12.6. The molecule has 0 saturated heterocycles. The summed E-state index contributed by atoms with van der Waals surface area (Å²) in [5, 5.41) is 9.18. The number of nitrogens with one attached hydrogen (secondary N) is 1. The Kier molecular flexibility index (Phi) is 5.13. The average molecular weight is 376 g/mol. The van der Waals surface area contributed by atoms with Gasteiger partial charge in [-0.3, -0.25) is 0 Å². The maximum absolute atomic E-state index is 12.6. The third-order valence-electron chi connectivity index (χ3n) is 3.99. The van der Waals surface area contributed by atoms with Crippen molar-refractivity contribution >= 4 is 26.0 Å². The molecule has 0 radical (unpaired) electrons. The number of aliphatic hydroxyl groups is 1. The van der Waals surface area contributed by atoms with Gasteiger partial charge in [-0.05, 0) is 58.3 Å². The molecule has 2 N–H and O–H groups in total. The van der Waals surface area contributed by atoms with E-state index in [4.69, 9.17) is 0 Å². The summed E-state index contributed by atoms with van der Waals surface area (Å²) in [5.41, 5.74) is 0.762. The van der Waals surface area contributed by atoms with Gasteiger partial charge in [-0.2, -0.15) is 0 Å². The second kappa shape index (κ2) is 6.36. The van der Waals surface area contributed by atoms with Crippen LogP contribution in [0, 0.1) is 5.41 Å². The molecule has 1 unspecified atom stereocenters. The van der Waals surface area contributed by atoms with Gasteiger partial charge in [-0.1, -0.05) is 26.3 Å². The van der Waals surface area contributed by atoms with Crippen LogP contribution in [0.5, 0.6) is 0 Å². The van der Waals surface area contributed by atoms with E-state index in [-0.39, 0.29) is 23.0 Å². The summed E-state index contributed by atoms with van der Waals surface area (Å²) in [6.07, 6.45) is 3.90. The zero-order valence-corrected chi connectivity index (χ0v) is 14.8. The molecule has 1 aromatic rings. The summed E-state index contributed by atoms with van der Waals surface area (Å²) in [6, 6.07) is 4.85. The Morgan fingerprint density at radius 2 is 2.14 bits per heavy atom. The molecule has 0 amide bonds. The third-order valence-corrected chi connectivity index (χ3v) is 6.51. The van der Waals surface area contributed by atoms with Crippen molar-refractivity contribution in [1.29, 1.82) is 0 Å². The Hall–Kier alpha value is -0.430. The predicted octanol–water partition coefficient (Wildman–Crippen LogP) is 3.19. The minimum Gasteiger partial charge on any atom is -0.392 e.